The molecule has 4 heteroatoms. The van der Waals surface area contributed by atoms with Crippen LogP contribution in [0.25, 0.3) is 0 Å². The SMILES string of the molecule is CC(C)(C)C(NN)c1ccc2c(c1)OCCCO2. The number of benzene rings is 1. The van der Waals surface area contributed by atoms with E-state index in [1.807, 2.05) is 18.2 Å². The molecule has 3 N–H and O–H groups in total. The van der Waals surface area contributed by atoms with Crippen molar-refractivity contribution in [2.45, 2.75) is 33.2 Å². The van der Waals surface area contributed by atoms with Gasteiger partial charge in [-0.2, -0.15) is 0 Å². The van der Waals surface area contributed by atoms with Crippen molar-refractivity contribution in [1.29, 1.82) is 0 Å². The van der Waals surface area contributed by atoms with Crippen LogP contribution in [0.2, 0.25) is 0 Å². The molecule has 1 unspecified atom stereocenters. The molecule has 0 amide bonds. The second-order valence-corrected chi connectivity index (χ2v) is 5.72. The van der Waals surface area contributed by atoms with Crippen LogP contribution in [-0.4, -0.2) is 13.2 Å². The molecule has 0 aromatic heterocycles. The third kappa shape index (κ3) is 2.76. The number of hydrogen-bond acceptors (Lipinski definition) is 4. The van der Waals surface area contributed by atoms with Gasteiger partial charge in [0.15, 0.2) is 11.5 Å². The van der Waals surface area contributed by atoms with E-state index in [0.717, 1.165) is 23.5 Å². The van der Waals surface area contributed by atoms with Crippen molar-refractivity contribution in [3.63, 3.8) is 0 Å². The van der Waals surface area contributed by atoms with Crippen LogP contribution in [0.4, 0.5) is 0 Å². The number of hydrogen-bond donors (Lipinski definition) is 2. The lowest BCUT2D eigenvalue weighted by Gasteiger charge is -2.30. The van der Waals surface area contributed by atoms with Crippen molar-refractivity contribution < 1.29 is 9.47 Å². The summed E-state index contributed by atoms with van der Waals surface area (Å²) in [4.78, 5) is 0. The fourth-order valence-electron chi connectivity index (χ4n) is 2.21. The Kier molecular flexibility index (Phi) is 3.78. The molecule has 1 aliphatic heterocycles. The zero-order valence-electron chi connectivity index (χ0n) is 11.3. The van der Waals surface area contributed by atoms with E-state index in [9.17, 15) is 0 Å². The van der Waals surface area contributed by atoms with Gasteiger partial charge in [-0.05, 0) is 23.1 Å². The number of ether oxygens (including phenoxy) is 2. The van der Waals surface area contributed by atoms with Crippen LogP contribution in [0.3, 0.4) is 0 Å². The van der Waals surface area contributed by atoms with Gasteiger partial charge in [-0.1, -0.05) is 26.8 Å². The molecule has 0 spiro atoms. The lowest BCUT2D eigenvalue weighted by Crippen LogP contribution is -2.36. The van der Waals surface area contributed by atoms with Gasteiger partial charge in [-0.15, -0.1) is 0 Å². The first-order valence-corrected chi connectivity index (χ1v) is 6.38. The van der Waals surface area contributed by atoms with E-state index in [4.69, 9.17) is 15.3 Å². The standard InChI is InChI=1S/C14H22N2O2/c1-14(2,3)13(16-15)10-5-6-11-12(9-10)18-8-4-7-17-11/h5-6,9,13,16H,4,7-8,15H2,1-3H3. The molecule has 0 saturated heterocycles. The van der Waals surface area contributed by atoms with Crippen molar-refractivity contribution in [3.8, 4) is 11.5 Å². The van der Waals surface area contributed by atoms with Crippen LogP contribution < -0.4 is 20.7 Å². The summed E-state index contributed by atoms with van der Waals surface area (Å²) in [5, 5.41) is 0. The molecule has 1 aromatic rings. The fourth-order valence-corrected chi connectivity index (χ4v) is 2.21. The van der Waals surface area contributed by atoms with Crippen LogP contribution in [0.15, 0.2) is 18.2 Å². The molecular formula is C14H22N2O2. The summed E-state index contributed by atoms with van der Waals surface area (Å²) in [6.07, 6.45) is 0.919. The predicted octanol–water partition coefficient (Wildman–Crippen LogP) is 2.40. The van der Waals surface area contributed by atoms with E-state index < -0.39 is 0 Å². The highest BCUT2D eigenvalue weighted by Crippen LogP contribution is 2.37. The van der Waals surface area contributed by atoms with Crippen LogP contribution >= 0.6 is 0 Å². The Morgan fingerprint density at radius 2 is 1.83 bits per heavy atom. The summed E-state index contributed by atoms with van der Waals surface area (Å²) < 4.78 is 11.3. The molecular weight excluding hydrogens is 228 g/mol. The lowest BCUT2D eigenvalue weighted by molar-refractivity contribution is 0.273. The quantitative estimate of drug-likeness (QED) is 0.625. The molecule has 0 radical (unpaired) electrons. The molecule has 1 atom stereocenters. The summed E-state index contributed by atoms with van der Waals surface area (Å²) in [7, 11) is 0. The predicted molar refractivity (Wildman–Crippen MR) is 71.6 cm³/mol. The Labute approximate surface area is 108 Å². The van der Waals surface area contributed by atoms with Crippen LogP contribution in [0.1, 0.15) is 38.8 Å². The zero-order chi connectivity index (χ0) is 13.2. The largest absolute Gasteiger partial charge is 0.490 e. The fraction of sp³-hybridized carbons (Fsp3) is 0.571. The van der Waals surface area contributed by atoms with Crippen molar-refractivity contribution >= 4 is 0 Å². The van der Waals surface area contributed by atoms with Crippen molar-refractivity contribution in [2.75, 3.05) is 13.2 Å². The van der Waals surface area contributed by atoms with E-state index in [1.165, 1.54) is 0 Å². The second-order valence-electron chi connectivity index (χ2n) is 5.72. The average Bonchev–Trinajstić information content (AvgIpc) is 2.52. The maximum absolute atomic E-state index is 5.70. The number of nitrogens with two attached hydrogens (primary N) is 1. The Bertz CT molecular complexity index is 413. The Morgan fingerprint density at radius 1 is 1.17 bits per heavy atom. The summed E-state index contributed by atoms with van der Waals surface area (Å²) >= 11 is 0. The zero-order valence-corrected chi connectivity index (χ0v) is 11.3. The molecule has 1 aromatic carbocycles. The Hall–Kier alpha value is -1.26. The third-order valence-electron chi connectivity index (χ3n) is 3.14. The molecule has 0 aliphatic carbocycles. The maximum Gasteiger partial charge on any atom is 0.161 e. The molecule has 18 heavy (non-hydrogen) atoms. The highest BCUT2D eigenvalue weighted by Gasteiger charge is 2.26. The number of nitrogens with one attached hydrogen (secondary N) is 1. The monoisotopic (exact) mass is 250 g/mol. The van der Waals surface area contributed by atoms with E-state index in [-0.39, 0.29) is 11.5 Å². The molecule has 0 saturated carbocycles. The Balaban J connectivity index is 2.32. The summed E-state index contributed by atoms with van der Waals surface area (Å²) in [5.74, 6) is 7.31. The van der Waals surface area contributed by atoms with Gasteiger partial charge in [0.25, 0.3) is 0 Å². The van der Waals surface area contributed by atoms with Gasteiger partial charge in [-0.25, -0.2) is 0 Å². The highest BCUT2D eigenvalue weighted by molar-refractivity contribution is 5.44. The topological polar surface area (TPSA) is 56.5 Å². The van der Waals surface area contributed by atoms with Gasteiger partial charge in [0.2, 0.25) is 0 Å². The summed E-state index contributed by atoms with van der Waals surface area (Å²) in [6, 6.07) is 6.11. The van der Waals surface area contributed by atoms with Gasteiger partial charge < -0.3 is 9.47 Å². The minimum absolute atomic E-state index is 0.0363. The van der Waals surface area contributed by atoms with Crippen molar-refractivity contribution in [2.24, 2.45) is 11.3 Å². The smallest absolute Gasteiger partial charge is 0.161 e. The van der Waals surface area contributed by atoms with Crippen molar-refractivity contribution in [3.05, 3.63) is 23.8 Å². The minimum atomic E-state index is 0.0363. The molecule has 4 nitrogen and oxygen atoms in total. The van der Waals surface area contributed by atoms with Crippen LogP contribution in [0, 0.1) is 5.41 Å². The van der Waals surface area contributed by atoms with E-state index in [2.05, 4.69) is 26.2 Å². The first-order chi connectivity index (χ1) is 8.52. The highest BCUT2D eigenvalue weighted by atomic mass is 16.5. The number of fused-ring (bicyclic) bond motifs is 1. The molecule has 0 bridgehead atoms. The lowest BCUT2D eigenvalue weighted by atomic mass is 9.83. The van der Waals surface area contributed by atoms with E-state index in [1.54, 1.807) is 0 Å². The third-order valence-corrected chi connectivity index (χ3v) is 3.14. The first kappa shape index (κ1) is 13.2. The Morgan fingerprint density at radius 3 is 2.44 bits per heavy atom. The first-order valence-electron chi connectivity index (χ1n) is 6.38. The van der Waals surface area contributed by atoms with Crippen LogP contribution in [0.5, 0.6) is 11.5 Å². The van der Waals surface area contributed by atoms with Gasteiger partial charge in [0.1, 0.15) is 0 Å². The van der Waals surface area contributed by atoms with Gasteiger partial charge in [0.05, 0.1) is 19.3 Å². The number of hydrazine groups is 1. The van der Waals surface area contributed by atoms with Gasteiger partial charge in [-0.3, -0.25) is 11.3 Å². The van der Waals surface area contributed by atoms with Gasteiger partial charge >= 0.3 is 0 Å². The summed E-state index contributed by atoms with van der Waals surface area (Å²) in [5.41, 5.74) is 4.04. The molecule has 1 heterocycles. The van der Waals surface area contributed by atoms with E-state index in [0.29, 0.717) is 13.2 Å². The van der Waals surface area contributed by atoms with Crippen LogP contribution in [-0.2, 0) is 0 Å². The maximum atomic E-state index is 5.70. The van der Waals surface area contributed by atoms with Gasteiger partial charge in [0, 0.05) is 6.42 Å². The minimum Gasteiger partial charge on any atom is -0.490 e. The number of rotatable bonds is 2. The van der Waals surface area contributed by atoms with E-state index >= 15 is 0 Å². The molecule has 100 valence electrons. The molecule has 1 aliphatic rings. The summed E-state index contributed by atoms with van der Waals surface area (Å²) in [6.45, 7) is 7.87. The normalized spacial score (nSPS) is 17.1. The molecule has 0 fully saturated rings. The van der Waals surface area contributed by atoms with Crippen molar-refractivity contribution in [1.82, 2.24) is 5.43 Å². The average molecular weight is 250 g/mol. The molecule has 2 rings (SSSR count). The second kappa shape index (κ2) is 5.16.